The molecule has 1 saturated heterocycles. The van der Waals surface area contributed by atoms with E-state index in [-0.39, 0.29) is 23.8 Å². The summed E-state index contributed by atoms with van der Waals surface area (Å²) in [6.07, 6.45) is -2.77. The van der Waals surface area contributed by atoms with Crippen LogP contribution in [0.3, 0.4) is 0 Å². The molecule has 5 nitrogen and oxygen atoms in total. The van der Waals surface area contributed by atoms with E-state index in [4.69, 9.17) is 9.47 Å². The molecule has 1 heterocycles. The van der Waals surface area contributed by atoms with Crippen LogP contribution < -0.4 is 14.8 Å². The van der Waals surface area contributed by atoms with Crippen LogP contribution in [0.4, 0.5) is 18.9 Å². The number of anilines is 1. The molecule has 1 aliphatic rings. The third-order valence-corrected chi connectivity index (χ3v) is 6.26. The first-order chi connectivity index (χ1) is 15.8. The van der Waals surface area contributed by atoms with Crippen LogP contribution in [0, 0.1) is 0 Å². The van der Waals surface area contributed by atoms with E-state index in [1.807, 2.05) is 36.0 Å². The van der Waals surface area contributed by atoms with E-state index in [9.17, 15) is 18.0 Å². The summed E-state index contributed by atoms with van der Waals surface area (Å²) in [7, 11) is 1.36. The van der Waals surface area contributed by atoms with Crippen molar-refractivity contribution in [2.45, 2.75) is 25.4 Å². The van der Waals surface area contributed by atoms with Crippen molar-refractivity contribution in [3.05, 3.63) is 53.6 Å². The molecule has 1 N–H and O–H groups in total. The molecule has 3 rings (SSSR count). The zero-order valence-electron chi connectivity index (χ0n) is 18.6. The molecule has 0 saturated carbocycles. The minimum Gasteiger partial charge on any atom is -0.493 e. The van der Waals surface area contributed by atoms with E-state index < -0.39 is 12.8 Å². The molecular weight excluding hydrogens is 453 g/mol. The van der Waals surface area contributed by atoms with Crippen molar-refractivity contribution in [3.8, 4) is 11.5 Å². The molecule has 1 amide bonds. The lowest BCUT2D eigenvalue weighted by molar-refractivity contribution is -0.153. The summed E-state index contributed by atoms with van der Waals surface area (Å²) >= 11 is 2.00. The van der Waals surface area contributed by atoms with Crippen LogP contribution in [0.2, 0.25) is 0 Å². The highest BCUT2D eigenvalue weighted by Crippen LogP contribution is 2.30. The largest absolute Gasteiger partial charge is 0.493 e. The summed E-state index contributed by atoms with van der Waals surface area (Å²) in [4.78, 5) is 14.8. The van der Waals surface area contributed by atoms with Crippen LogP contribution in [0.25, 0.3) is 0 Å². The lowest BCUT2D eigenvalue weighted by Gasteiger charge is -2.26. The van der Waals surface area contributed by atoms with E-state index in [0.29, 0.717) is 6.42 Å². The Morgan fingerprint density at radius 2 is 1.73 bits per heavy atom. The average molecular weight is 483 g/mol. The summed E-state index contributed by atoms with van der Waals surface area (Å²) in [5, 5.41) is 2.89. The molecule has 180 valence electrons. The number of aryl methyl sites for hydroxylation is 1. The van der Waals surface area contributed by atoms with Crippen molar-refractivity contribution in [3.63, 3.8) is 0 Å². The molecule has 2 aromatic rings. The van der Waals surface area contributed by atoms with Crippen molar-refractivity contribution in [2.75, 3.05) is 50.2 Å². The number of thioether (sulfide) groups is 1. The number of nitrogens with zero attached hydrogens (tertiary/aromatic N) is 1. The van der Waals surface area contributed by atoms with Gasteiger partial charge in [0.15, 0.2) is 18.1 Å². The molecule has 0 aromatic heterocycles. The van der Waals surface area contributed by atoms with Gasteiger partial charge in [0.25, 0.3) is 0 Å². The minimum absolute atomic E-state index is 0.0160. The number of carbonyl (C=O) groups is 1. The molecule has 9 heteroatoms. The van der Waals surface area contributed by atoms with Gasteiger partial charge in [0.1, 0.15) is 0 Å². The number of nitrogens with one attached hydrogen (secondary N) is 1. The van der Waals surface area contributed by atoms with Crippen molar-refractivity contribution in [2.24, 2.45) is 0 Å². The Kier molecular flexibility index (Phi) is 9.31. The Bertz CT molecular complexity index is 901. The topological polar surface area (TPSA) is 50.8 Å². The zero-order chi connectivity index (χ0) is 23.7. The van der Waals surface area contributed by atoms with Crippen LogP contribution in [0.15, 0.2) is 42.5 Å². The summed E-state index contributed by atoms with van der Waals surface area (Å²) in [5.74, 6) is 2.49. The Morgan fingerprint density at radius 3 is 2.39 bits per heavy atom. The summed E-state index contributed by atoms with van der Waals surface area (Å²) in [6, 6.07) is 12.6. The first-order valence-electron chi connectivity index (χ1n) is 10.9. The Balaban J connectivity index is 1.44. The van der Waals surface area contributed by atoms with Crippen molar-refractivity contribution < 1.29 is 27.4 Å². The molecule has 1 fully saturated rings. The number of hydrogen-bond acceptors (Lipinski definition) is 5. The van der Waals surface area contributed by atoms with E-state index >= 15 is 0 Å². The second kappa shape index (κ2) is 12.2. The van der Waals surface area contributed by atoms with Gasteiger partial charge in [-0.15, -0.1) is 0 Å². The summed E-state index contributed by atoms with van der Waals surface area (Å²) < 4.78 is 47.0. The fraction of sp³-hybridized carbons (Fsp3) is 0.458. The maximum absolute atomic E-state index is 12.4. The highest BCUT2D eigenvalue weighted by Gasteiger charge is 2.29. The van der Waals surface area contributed by atoms with Crippen LogP contribution >= 0.6 is 11.8 Å². The number of rotatable bonds is 10. The molecule has 0 spiro atoms. The molecule has 0 aliphatic carbocycles. The number of amides is 1. The second-order valence-corrected chi connectivity index (χ2v) is 9.06. The monoisotopic (exact) mass is 482 g/mol. The maximum atomic E-state index is 12.4. The van der Waals surface area contributed by atoms with Crippen LogP contribution in [-0.2, 0) is 17.6 Å². The average Bonchev–Trinajstić information content (AvgIpc) is 2.81. The fourth-order valence-corrected chi connectivity index (χ4v) is 4.47. The van der Waals surface area contributed by atoms with Crippen LogP contribution in [0.5, 0.6) is 11.5 Å². The normalized spacial score (nSPS) is 14.7. The minimum atomic E-state index is -4.42. The van der Waals surface area contributed by atoms with Gasteiger partial charge in [0, 0.05) is 43.2 Å². The molecule has 0 bridgehead atoms. The predicted octanol–water partition coefficient (Wildman–Crippen LogP) is 4.80. The highest BCUT2D eigenvalue weighted by atomic mass is 32.2. The summed E-state index contributed by atoms with van der Waals surface area (Å²) in [6.45, 7) is 1.96. The highest BCUT2D eigenvalue weighted by molar-refractivity contribution is 7.99. The number of benzene rings is 2. The van der Waals surface area contributed by atoms with Gasteiger partial charge in [-0.05, 0) is 48.2 Å². The third-order valence-electron chi connectivity index (χ3n) is 5.32. The number of halogens is 3. The van der Waals surface area contributed by atoms with Crippen molar-refractivity contribution in [1.82, 2.24) is 4.90 Å². The SMILES string of the molecule is COc1cc(CCC(=O)Nc2ccc(CCN3CCSCC3)cc2)ccc1OCC(F)(F)F. The molecule has 1 aliphatic heterocycles. The molecule has 0 radical (unpaired) electrons. The fourth-order valence-electron chi connectivity index (χ4n) is 3.49. The lowest BCUT2D eigenvalue weighted by Crippen LogP contribution is -2.34. The van der Waals surface area contributed by atoms with Gasteiger partial charge >= 0.3 is 6.18 Å². The standard InChI is InChI=1S/C24H29F3N2O3S/c1-31-22-16-19(4-8-21(22)32-17-24(25,26)27)5-9-23(30)28-20-6-2-18(3-7-20)10-11-29-12-14-33-15-13-29/h2-4,6-8,16H,5,9-15,17H2,1H3,(H,28,30). The molecule has 0 atom stereocenters. The van der Waals surface area contributed by atoms with Crippen molar-refractivity contribution in [1.29, 1.82) is 0 Å². The van der Waals surface area contributed by atoms with E-state index in [1.54, 1.807) is 12.1 Å². The van der Waals surface area contributed by atoms with Gasteiger partial charge in [-0.2, -0.15) is 24.9 Å². The van der Waals surface area contributed by atoms with E-state index in [0.717, 1.165) is 37.3 Å². The summed E-state index contributed by atoms with van der Waals surface area (Å²) in [5.41, 5.74) is 2.76. The van der Waals surface area contributed by atoms with Gasteiger partial charge in [-0.3, -0.25) is 4.79 Å². The molecule has 33 heavy (non-hydrogen) atoms. The quantitative estimate of drug-likeness (QED) is 0.527. The zero-order valence-corrected chi connectivity index (χ0v) is 19.4. The maximum Gasteiger partial charge on any atom is 0.422 e. The van der Waals surface area contributed by atoms with Crippen molar-refractivity contribution >= 4 is 23.4 Å². The smallest absolute Gasteiger partial charge is 0.422 e. The van der Waals surface area contributed by atoms with Gasteiger partial charge in [-0.25, -0.2) is 0 Å². The van der Waals surface area contributed by atoms with Gasteiger partial charge in [-0.1, -0.05) is 18.2 Å². The number of alkyl halides is 3. The number of hydrogen-bond donors (Lipinski definition) is 1. The number of carbonyl (C=O) groups excluding carboxylic acids is 1. The molecular formula is C24H29F3N2O3S. The van der Waals surface area contributed by atoms with E-state index in [2.05, 4.69) is 10.2 Å². The van der Waals surface area contributed by atoms with Gasteiger partial charge in [0.05, 0.1) is 7.11 Å². The first kappa shape index (κ1) is 25.2. The molecule has 0 unspecified atom stereocenters. The Hall–Kier alpha value is -2.39. The van der Waals surface area contributed by atoms with Crippen LogP contribution in [-0.4, -0.2) is 61.8 Å². The first-order valence-corrected chi connectivity index (χ1v) is 12.0. The van der Waals surface area contributed by atoms with E-state index in [1.165, 1.54) is 30.2 Å². The Morgan fingerprint density at radius 1 is 1.03 bits per heavy atom. The molecule has 2 aromatic carbocycles. The predicted molar refractivity (Wildman–Crippen MR) is 125 cm³/mol. The number of ether oxygens (including phenoxy) is 2. The lowest BCUT2D eigenvalue weighted by atomic mass is 10.1. The number of methoxy groups -OCH3 is 1. The Labute approximate surface area is 196 Å². The van der Waals surface area contributed by atoms with Gasteiger partial charge in [0.2, 0.25) is 5.91 Å². The second-order valence-electron chi connectivity index (χ2n) is 7.84. The van der Waals surface area contributed by atoms with Crippen LogP contribution in [0.1, 0.15) is 17.5 Å². The van der Waals surface area contributed by atoms with Gasteiger partial charge < -0.3 is 19.7 Å². The third kappa shape index (κ3) is 8.81.